The van der Waals surface area contributed by atoms with E-state index in [9.17, 15) is 14.4 Å². The second-order valence-corrected chi connectivity index (χ2v) is 14.3. The van der Waals surface area contributed by atoms with Crippen molar-refractivity contribution < 1.29 is 19.1 Å². The molecule has 2 heterocycles. The van der Waals surface area contributed by atoms with Crippen LogP contribution in [0, 0.1) is 11.8 Å². The zero-order valence-corrected chi connectivity index (χ0v) is 30.3. The summed E-state index contributed by atoms with van der Waals surface area (Å²) in [5.74, 6) is 1.19. The van der Waals surface area contributed by atoms with Crippen LogP contribution in [0.15, 0.2) is 109 Å². The molecular weight excluding hydrogens is 647 g/mol. The lowest BCUT2D eigenvalue weighted by Crippen LogP contribution is -2.38. The second-order valence-electron chi connectivity index (χ2n) is 14.3. The second kappa shape index (κ2) is 18.5. The van der Waals surface area contributed by atoms with Gasteiger partial charge in [0.15, 0.2) is 0 Å². The fourth-order valence-electron chi connectivity index (χ4n) is 7.51. The summed E-state index contributed by atoms with van der Waals surface area (Å²) >= 11 is 0. The molecule has 0 unspecified atom stereocenters. The quantitative estimate of drug-likeness (QED) is 0.112. The first-order valence-electron chi connectivity index (χ1n) is 18.8. The topological polar surface area (TPSA) is 79.0 Å². The van der Waals surface area contributed by atoms with Crippen molar-refractivity contribution in [3.8, 4) is 11.1 Å². The molecule has 0 atom stereocenters. The molecule has 0 bridgehead atoms. The van der Waals surface area contributed by atoms with Crippen molar-refractivity contribution in [3.05, 3.63) is 137 Å². The van der Waals surface area contributed by atoms with Crippen LogP contribution >= 0.6 is 0 Å². The van der Waals surface area contributed by atoms with E-state index in [4.69, 9.17) is 4.74 Å². The average molecular weight is 698 g/mol. The van der Waals surface area contributed by atoms with Gasteiger partial charge in [0.25, 0.3) is 5.91 Å². The van der Waals surface area contributed by atoms with Gasteiger partial charge in [0.2, 0.25) is 5.91 Å². The van der Waals surface area contributed by atoms with Gasteiger partial charge in [-0.05, 0) is 115 Å². The number of ether oxygens (including phenoxy) is 1. The molecule has 2 amide bonds. The SMILES string of the molecule is COC(=O)c1ccc(CN(Cc2cccc(-c3cccc(C(=O)N4CCC(CCCC5CCNCC5)CC4)c3)c2)C(=O)/C=C/c2ccccc2)cc1. The van der Waals surface area contributed by atoms with Gasteiger partial charge < -0.3 is 19.9 Å². The molecule has 4 aromatic carbocycles. The monoisotopic (exact) mass is 697 g/mol. The van der Waals surface area contributed by atoms with Crippen molar-refractivity contribution in [2.24, 2.45) is 11.8 Å². The Hall–Kier alpha value is -5.01. The van der Waals surface area contributed by atoms with Crippen molar-refractivity contribution in [1.29, 1.82) is 0 Å². The average Bonchev–Trinajstić information content (AvgIpc) is 3.20. The molecule has 52 heavy (non-hydrogen) atoms. The maximum atomic E-state index is 13.7. The highest BCUT2D eigenvalue weighted by atomic mass is 16.5. The van der Waals surface area contributed by atoms with Crippen LogP contribution in [-0.2, 0) is 22.6 Å². The highest BCUT2D eigenvalue weighted by molar-refractivity contribution is 5.95. The molecule has 2 saturated heterocycles. The summed E-state index contributed by atoms with van der Waals surface area (Å²) in [5, 5.41) is 3.47. The zero-order valence-electron chi connectivity index (χ0n) is 30.3. The highest BCUT2D eigenvalue weighted by Crippen LogP contribution is 2.28. The van der Waals surface area contributed by atoms with E-state index in [-0.39, 0.29) is 11.8 Å². The number of rotatable bonds is 13. The van der Waals surface area contributed by atoms with Crippen LogP contribution in [-0.4, -0.2) is 60.9 Å². The Kier molecular flexibility index (Phi) is 13.1. The number of carbonyl (C=O) groups excluding carboxylic acids is 3. The van der Waals surface area contributed by atoms with Crippen LogP contribution in [0.3, 0.4) is 0 Å². The Morgan fingerprint density at radius 1 is 0.731 bits per heavy atom. The van der Waals surface area contributed by atoms with Gasteiger partial charge in [0, 0.05) is 37.8 Å². The molecule has 0 saturated carbocycles. The molecule has 2 fully saturated rings. The minimum absolute atomic E-state index is 0.103. The lowest BCUT2D eigenvalue weighted by molar-refractivity contribution is -0.127. The van der Waals surface area contributed by atoms with Crippen molar-refractivity contribution in [3.63, 3.8) is 0 Å². The summed E-state index contributed by atoms with van der Waals surface area (Å²) in [6, 6.07) is 33.0. The van der Waals surface area contributed by atoms with E-state index in [1.165, 1.54) is 52.3 Å². The van der Waals surface area contributed by atoms with Crippen LogP contribution in [0.4, 0.5) is 0 Å². The fraction of sp³-hybridized carbons (Fsp3) is 0.356. The van der Waals surface area contributed by atoms with Crippen LogP contribution in [0.5, 0.6) is 0 Å². The van der Waals surface area contributed by atoms with Crippen molar-refractivity contribution in [2.45, 2.75) is 58.0 Å². The smallest absolute Gasteiger partial charge is 0.337 e. The maximum Gasteiger partial charge on any atom is 0.337 e. The number of benzene rings is 4. The van der Waals surface area contributed by atoms with Gasteiger partial charge in [-0.25, -0.2) is 4.79 Å². The number of piperidine rings is 2. The van der Waals surface area contributed by atoms with Crippen LogP contribution in [0.25, 0.3) is 17.2 Å². The zero-order chi connectivity index (χ0) is 36.1. The molecule has 2 aliphatic heterocycles. The molecule has 6 rings (SSSR count). The van der Waals surface area contributed by atoms with Gasteiger partial charge in [-0.1, -0.05) is 92.1 Å². The summed E-state index contributed by atoms with van der Waals surface area (Å²) in [6.07, 6.45) is 12.2. The third kappa shape index (κ3) is 10.3. The molecule has 7 heteroatoms. The first-order chi connectivity index (χ1) is 25.4. The van der Waals surface area contributed by atoms with Gasteiger partial charge in [0.05, 0.1) is 12.7 Å². The first kappa shape index (κ1) is 36.8. The summed E-state index contributed by atoms with van der Waals surface area (Å²) in [4.78, 5) is 43.1. The summed E-state index contributed by atoms with van der Waals surface area (Å²) < 4.78 is 4.84. The third-order valence-corrected chi connectivity index (χ3v) is 10.6. The number of nitrogens with one attached hydrogen (secondary N) is 1. The molecule has 0 aromatic heterocycles. The standard InChI is InChI=1S/C45H51N3O4/c1-52-45(51)39-19-16-37(17-20-39)32-48(43(49)21-18-34-8-3-2-4-9-34)33-38-12-6-13-40(30-38)41-14-7-15-42(31-41)44(50)47-28-24-36(25-29-47)11-5-10-35-22-26-46-27-23-35/h2-4,6-9,12-21,30-31,35-36,46H,5,10-11,22-29,32-33H2,1H3/b21-18+. The Labute approximate surface area is 308 Å². The lowest BCUT2D eigenvalue weighted by atomic mass is 9.87. The number of methoxy groups -OCH3 is 1. The predicted octanol–water partition coefficient (Wildman–Crippen LogP) is 8.40. The summed E-state index contributed by atoms with van der Waals surface area (Å²) in [5.41, 5.74) is 5.97. The molecular formula is C45H51N3O4. The molecule has 0 aliphatic carbocycles. The van der Waals surface area contributed by atoms with E-state index >= 15 is 0 Å². The van der Waals surface area contributed by atoms with Crippen LogP contribution in [0.2, 0.25) is 0 Å². The van der Waals surface area contributed by atoms with Crippen molar-refractivity contribution >= 4 is 23.9 Å². The highest BCUT2D eigenvalue weighted by Gasteiger charge is 2.24. The number of carbonyl (C=O) groups is 3. The molecule has 4 aromatic rings. The number of hydrogen-bond donors (Lipinski definition) is 1. The largest absolute Gasteiger partial charge is 0.465 e. The normalized spacial score (nSPS) is 15.4. The molecule has 270 valence electrons. The third-order valence-electron chi connectivity index (χ3n) is 10.6. The molecule has 7 nitrogen and oxygen atoms in total. The van der Waals surface area contributed by atoms with E-state index in [1.807, 2.05) is 89.8 Å². The van der Waals surface area contributed by atoms with E-state index in [0.29, 0.717) is 24.2 Å². The van der Waals surface area contributed by atoms with Crippen molar-refractivity contribution in [1.82, 2.24) is 15.1 Å². The molecule has 0 spiro atoms. The fourth-order valence-corrected chi connectivity index (χ4v) is 7.51. The van der Waals surface area contributed by atoms with Gasteiger partial charge >= 0.3 is 5.97 Å². The molecule has 0 radical (unpaired) electrons. The number of hydrogen-bond acceptors (Lipinski definition) is 5. The van der Waals surface area contributed by atoms with Gasteiger partial charge in [-0.15, -0.1) is 0 Å². The van der Waals surface area contributed by atoms with E-state index in [0.717, 1.165) is 65.6 Å². The Bertz CT molecular complexity index is 1810. The van der Waals surface area contributed by atoms with E-state index in [1.54, 1.807) is 23.1 Å². The first-order valence-corrected chi connectivity index (χ1v) is 18.8. The van der Waals surface area contributed by atoms with Gasteiger partial charge in [-0.3, -0.25) is 9.59 Å². The molecule has 2 aliphatic rings. The minimum Gasteiger partial charge on any atom is -0.465 e. The van der Waals surface area contributed by atoms with E-state index < -0.39 is 5.97 Å². The maximum absolute atomic E-state index is 13.7. The number of likely N-dealkylation sites (tertiary alicyclic amines) is 1. The predicted molar refractivity (Wildman–Crippen MR) is 207 cm³/mol. The van der Waals surface area contributed by atoms with Crippen LogP contribution in [0.1, 0.15) is 82.4 Å². The van der Waals surface area contributed by atoms with Crippen molar-refractivity contribution in [2.75, 3.05) is 33.3 Å². The van der Waals surface area contributed by atoms with Gasteiger partial charge in [0.1, 0.15) is 0 Å². The van der Waals surface area contributed by atoms with E-state index in [2.05, 4.69) is 17.4 Å². The Morgan fingerprint density at radius 3 is 2.10 bits per heavy atom. The lowest BCUT2D eigenvalue weighted by Gasteiger charge is -2.32. The minimum atomic E-state index is -0.397. The number of nitrogens with zero attached hydrogens (tertiary/aromatic N) is 2. The Morgan fingerprint density at radius 2 is 1.38 bits per heavy atom. The summed E-state index contributed by atoms with van der Waals surface area (Å²) in [7, 11) is 1.36. The number of esters is 1. The molecule has 1 N–H and O–H groups in total. The van der Waals surface area contributed by atoms with Crippen LogP contribution < -0.4 is 5.32 Å². The summed E-state index contributed by atoms with van der Waals surface area (Å²) in [6.45, 7) is 4.73. The Balaban J connectivity index is 1.10. The number of amides is 2. The van der Waals surface area contributed by atoms with Gasteiger partial charge in [-0.2, -0.15) is 0 Å².